The highest BCUT2D eigenvalue weighted by Gasteiger charge is 2.23. The molecule has 2 heterocycles. The number of hydrogen-bond donors (Lipinski definition) is 2. The minimum absolute atomic E-state index is 0.0579. The van der Waals surface area contributed by atoms with Crippen LogP contribution in [0.4, 0.5) is 0 Å². The second-order valence-corrected chi connectivity index (χ2v) is 3.39. The summed E-state index contributed by atoms with van der Waals surface area (Å²) in [5, 5.41) is 2.90. The van der Waals surface area contributed by atoms with E-state index >= 15 is 0 Å². The third-order valence-electron chi connectivity index (χ3n) is 2.29. The molecule has 0 saturated heterocycles. The van der Waals surface area contributed by atoms with E-state index in [1.807, 2.05) is 20.0 Å². The van der Waals surface area contributed by atoms with Crippen molar-refractivity contribution in [3.05, 3.63) is 23.0 Å². The number of fused-ring (bicyclic) bond motifs is 1. The maximum atomic E-state index is 11.4. The molecule has 1 aliphatic rings. The number of hydrogen-bond acceptors (Lipinski definition) is 1. The van der Waals surface area contributed by atoms with Gasteiger partial charge in [-0.05, 0) is 25.8 Å². The van der Waals surface area contributed by atoms with Gasteiger partial charge >= 0.3 is 0 Å². The Morgan fingerprint density at radius 3 is 3.08 bits per heavy atom. The maximum Gasteiger partial charge on any atom is 0.253 e. The zero-order valence-corrected chi connectivity index (χ0v) is 7.27. The van der Waals surface area contributed by atoms with E-state index in [9.17, 15) is 4.79 Å². The topological polar surface area (TPSA) is 44.9 Å². The molecule has 0 fully saturated rings. The van der Waals surface area contributed by atoms with Gasteiger partial charge in [0, 0.05) is 17.9 Å². The molecule has 0 saturated carbocycles. The van der Waals surface area contributed by atoms with E-state index in [0.29, 0.717) is 0 Å². The van der Waals surface area contributed by atoms with Gasteiger partial charge in [0.25, 0.3) is 5.91 Å². The van der Waals surface area contributed by atoms with Crippen LogP contribution in [0.1, 0.15) is 28.5 Å². The molecule has 64 valence electrons. The van der Waals surface area contributed by atoms with Crippen LogP contribution in [0, 0.1) is 6.92 Å². The molecule has 0 aromatic carbocycles. The summed E-state index contributed by atoms with van der Waals surface area (Å²) in [6.45, 7) is 3.94. The van der Waals surface area contributed by atoms with Crippen molar-refractivity contribution in [1.29, 1.82) is 0 Å². The van der Waals surface area contributed by atoms with Crippen molar-refractivity contribution in [3.8, 4) is 0 Å². The zero-order valence-electron chi connectivity index (χ0n) is 7.27. The summed E-state index contributed by atoms with van der Waals surface area (Å²) in [6, 6.07) is 0.264. The summed E-state index contributed by atoms with van der Waals surface area (Å²) in [6.07, 6.45) is 2.87. The molecule has 0 spiro atoms. The molecule has 0 unspecified atom stereocenters. The largest absolute Gasteiger partial charge is 0.364 e. The first-order chi connectivity index (χ1) is 5.68. The number of aromatic nitrogens is 1. The summed E-state index contributed by atoms with van der Waals surface area (Å²) in [4.78, 5) is 14.5. The first-order valence-corrected chi connectivity index (χ1v) is 4.16. The Balaban J connectivity index is 2.50. The lowest BCUT2D eigenvalue weighted by molar-refractivity contribution is 0.0929. The fourth-order valence-corrected chi connectivity index (χ4v) is 1.73. The molecule has 3 heteroatoms. The van der Waals surface area contributed by atoms with Gasteiger partial charge < -0.3 is 10.3 Å². The zero-order chi connectivity index (χ0) is 8.72. The Kier molecular flexibility index (Phi) is 1.46. The van der Waals surface area contributed by atoms with Crippen molar-refractivity contribution < 1.29 is 4.79 Å². The molecule has 2 rings (SSSR count). The van der Waals surface area contributed by atoms with Gasteiger partial charge in [0.05, 0.1) is 5.56 Å². The van der Waals surface area contributed by atoms with Crippen LogP contribution in [0.5, 0.6) is 0 Å². The smallest absolute Gasteiger partial charge is 0.253 e. The molecule has 0 radical (unpaired) electrons. The minimum atomic E-state index is 0.0579. The molecule has 3 nitrogen and oxygen atoms in total. The lowest BCUT2D eigenvalue weighted by atomic mass is 9.99. The summed E-state index contributed by atoms with van der Waals surface area (Å²) in [7, 11) is 0. The van der Waals surface area contributed by atoms with Crippen molar-refractivity contribution in [2.45, 2.75) is 26.3 Å². The van der Waals surface area contributed by atoms with E-state index in [4.69, 9.17) is 0 Å². The molecule has 1 amide bonds. The molecule has 2 N–H and O–H groups in total. The summed E-state index contributed by atoms with van der Waals surface area (Å²) in [5.41, 5.74) is 2.95. The second-order valence-electron chi connectivity index (χ2n) is 3.39. The van der Waals surface area contributed by atoms with Gasteiger partial charge in [-0.15, -0.1) is 0 Å². The van der Waals surface area contributed by atoms with Crippen molar-refractivity contribution in [2.75, 3.05) is 0 Å². The van der Waals surface area contributed by atoms with E-state index in [-0.39, 0.29) is 11.9 Å². The van der Waals surface area contributed by atoms with Gasteiger partial charge in [-0.25, -0.2) is 0 Å². The Hall–Kier alpha value is -1.25. The number of nitrogens with one attached hydrogen (secondary N) is 2. The highest BCUT2D eigenvalue weighted by molar-refractivity contribution is 5.98. The number of aromatic amines is 1. The molecule has 12 heavy (non-hydrogen) atoms. The maximum absolute atomic E-state index is 11.4. The lowest BCUT2D eigenvalue weighted by Crippen LogP contribution is -2.38. The molecule has 1 aliphatic heterocycles. The third kappa shape index (κ3) is 0.932. The minimum Gasteiger partial charge on any atom is -0.364 e. The fourth-order valence-electron chi connectivity index (χ4n) is 1.73. The van der Waals surface area contributed by atoms with Crippen LogP contribution in [-0.2, 0) is 6.42 Å². The lowest BCUT2D eigenvalue weighted by Gasteiger charge is -2.19. The fraction of sp³-hybridized carbons (Fsp3) is 0.444. The number of aryl methyl sites for hydroxylation is 1. The number of H-pyrrole nitrogens is 1. The van der Waals surface area contributed by atoms with Crippen molar-refractivity contribution in [2.24, 2.45) is 0 Å². The Labute approximate surface area is 71.2 Å². The normalized spacial score (nSPS) is 21.8. The highest BCUT2D eigenvalue weighted by Crippen LogP contribution is 2.19. The molecule has 0 bridgehead atoms. The van der Waals surface area contributed by atoms with Crippen LogP contribution < -0.4 is 5.32 Å². The van der Waals surface area contributed by atoms with E-state index in [1.165, 1.54) is 0 Å². The SMILES string of the molecule is Cc1[nH]cc2c1C(=O)N[C@H](C)C2. The van der Waals surface area contributed by atoms with Gasteiger partial charge in [-0.3, -0.25) is 4.79 Å². The van der Waals surface area contributed by atoms with Crippen LogP contribution in [0.3, 0.4) is 0 Å². The molecule has 0 aliphatic carbocycles. The third-order valence-corrected chi connectivity index (χ3v) is 2.29. The summed E-state index contributed by atoms with van der Waals surface area (Å²) in [5.74, 6) is 0.0579. The van der Waals surface area contributed by atoms with E-state index in [2.05, 4.69) is 10.3 Å². The van der Waals surface area contributed by atoms with E-state index in [1.54, 1.807) is 0 Å². The Morgan fingerprint density at radius 1 is 1.58 bits per heavy atom. The first kappa shape index (κ1) is 7.40. The van der Waals surface area contributed by atoms with Gasteiger partial charge in [0.15, 0.2) is 0 Å². The quantitative estimate of drug-likeness (QED) is 0.590. The van der Waals surface area contributed by atoms with Gasteiger partial charge in [0.1, 0.15) is 0 Å². The van der Waals surface area contributed by atoms with Gasteiger partial charge in [-0.1, -0.05) is 0 Å². The molecular formula is C9H12N2O. The molecule has 1 aromatic heterocycles. The van der Waals surface area contributed by atoms with Crippen LogP contribution >= 0.6 is 0 Å². The van der Waals surface area contributed by atoms with Crippen molar-refractivity contribution >= 4 is 5.91 Å². The predicted octanol–water partition coefficient (Wildman–Crippen LogP) is 0.998. The van der Waals surface area contributed by atoms with Crippen molar-refractivity contribution in [1.82, 2.24) is 10.3 Å². The second kappa shape index (κ2) is 2.37. The summed E-state index contributed by atoms with van der Waals surface area (Å²) >= 11 is 0. The van der Waals surface area contributed by atoms with Crippen LogP contribution in [0.25, 0.3) is 0 Å². The number of carbonyl (C=O) groups is 1. The highest BCUT2D eigenvalue weighted by atomic mass is 16.1. The number of rotatable bonds is 0. The van der Waals surface area contributed by atoms with Crippen molar-refractivity contribution in [3.63, 3.8) is 0 Å². The van der Waals surface area contributed by atoms with Crippen LogP contribution in [-0.4, -0.2) is 16.9 Å². The summed E-state index contributed by atoms with van der Waals surface area (Å²) < 4.78 is 0. The Morgan fingerprint density at radius 2 is 2.33 bits per heavy atom. The predicted molar refractivity (Wildman–Crippen MR) is 46.2 cm³/mol. The molecule has 1 aromatic rings. The first-order valence-electron chi connectivity index (χ1n) is 4.16. The van der Waals surface area contributed by atoms with E-state index in [0.717, 1.165) is 23.2 Å². The van der Waals surface area contributed by atoms with Crippen LogP contribution in [0.2, 0.25) is 0 Å². The monoisotopic (exact) mass is 164 g/mol. The van der Waals surface area contributed by atoms with Gasteiger partial charge in [-0.2, -0.15) is 0 Å². The molecule has 1 atom stereocenters. The molecular weight excluding hydrogens is 152 g/mol. The van der Waals surface area contributed by atoms with Crippen LogP contribution in [0.15, 0.2) is 6.20 Å². The average molecular weight is 164 g/mol. The number of amides is 1. The number of carbonyl (C=O) groups excluding carboxylic acids is 1. The van der Waals surface area contributed by atoms with Gasteiger partial charge in [0.2, 0.25) is 0 Å². The standard InChI is InChI=1S/C9H12N2O/c1-5-3-7-4-10-6(2)8(7)9(12)11-5/h4-5,10H,3H2,1-2H3,(H,11,12)/t5-/m1/s1. The Bertz CT molecular complexity index is 327. The van der Waals surface area contributed by atoms with E-state index < -0.39 is 0 Å². The average Bonchev–Trinajstić information content (AvgIpc) is 2.31.